The lowest BCUT2D eigenvalue weighted by atomic mass is 10.1. The van der Waals surface area contributed by atoms with Crippen LogP contribution < -0.4 is 15.5 Å². The Morgan fingerprint density at radius 1 is 0.967 bits per heavy atom. The molecule has 0 aromatic heterocycles. The molecule has 2 amide bonds. The Labute approximate surface area is 183 Å². The molecule has 7 heteroatoms. The summed E-state index contributed by atoms with van der Waals surface area (Å²) >= 11 is 3.35. The molecule has 30 heavy (non-hydrogen) atoms. The Morgan fingerprint density at radius 3 is 2.37 bits per heavy atom. The minimum atomic E-state index is -0.325. The maximum Gasteiger partial charge on any atom is 0.255 e. The summed E-state index contributed by atoms with van der Waals surface area (Å²) in [6.45, 7) is 0.264. The lowest BCUT2D eigenvalue weighted by Gasteiger charge is -2.18. The summed E-state index contributed by atoms with van der Waals surface area (Å²) in [4.78, 5) is 27.2. The zero-order valence-corrected chi connectivity index (χ0v) is 18.2. The Hall–Kier alpha value is -3.19. The van der Waals surface area contributed by atoms with Gasteiger partial charge >= 0.3 is 0 Å². The Bertz CT molecular complexity index is 1070. The average Bonchev–Trinajstić information content (AvgIpc) is 2.73. The first-order valence-electron chi connectivity index (χ1n) is 9.24. The molecule has 0 radical (unpaired) electrons. The third-order valence-corrected chi connectivity index (χ3v) is 4.93. The van der Waals surface area contributed by atoms with Gasteiger partial charge in [0.1, 0.15) is 5.82 Å². The number of halogens is 2. The monoisotopic (exact) mass is 469 g/mol. The maximum absolute atomic E-state index is 13.1. The van der Waals surface area contributed by atoms with Gasteiger partial charge in [-0.15, -0.1) is 0 Å². The van der Waals surface area contributed by atoms with Crippen molar-refractivity contribution in [2.24, 2.45) is 0 Å². The highest BCUT2D eigenvalue weighted by atomic mass is 79.9. The van der Waals surface area contributed by atoms with E-state index in [1.54, 1.807) is 48.5 Å². The van der Waals surface area contributed by atoms with Crippen molar-refractivity contribution in [1.82, 2.24) is 5.32 Å². The van der Waals surface area contributed by atoms with Crippen molar-refractivity contribution in [3.63, 3.8) is 0 Å². The number of amides is 2. The second kappa shape index (κ2) is 9.54. The van der Waals surface area contributed by atoms with E-state index in [1.165, 1.54) is 12.1 Å². The molecule has 0 atom stereocenters. The van der Waals surface area contributed by atoms with Gasteiger partial charge in [-0.3, -0.25) is 9.59 Å². The van der Waals surface area contributed by atoms with E-state index in [-0.39, 0.29) is 24.2 Å². The average molecular weight is 470 g/mol. The van der Waals surface area contributed by atoms with Gasteiger partial charge in [-0.2, -0.15) is 0 Å². The van der Waals surface area contributed by atoms with E-state index in [4.69, 9.17) is 0 Å². The molecule has 0 aliphatic carbocycles. The highest BCUT2D eigenvalue weighted by Gasteiger charge is 2.15. The number of nitrogens with zero attached hydrogens (tertiary/aromatic N) is 1. The zero-order valence-electron chi connectivity index (χ0n) is 16.6. The predicted octanol–water partition coefficient (Wildman–Crippen LogP) is 4.84. The standard InChI is InChI=1S/C23H21BrFN3O2/c1-28(2)21-11-10-19(27-22(29)16-4-3-5-17(24)12-16)13-20(21)23(30)26-14-15-6-8-18(25)9-7-15/h3-13H,14H2,1-2H3,(H,26,30)(H,27,29). The number of rotatable bonds is 6. The first-order chi connectivity index (χ1) is 14.3. The molecule has 0 aliphatic rings. The number of hydrogen-bond donors (Lipinski definition) is 2. The summed E-state index contributed by atoms with van der Waals surface area (Å²) in [7, 11) is 3.68. The zero-order chi connectivity index (χ0) is 21.7. The summed E-state index contributed by atoms with van der Waals surface area (Å²) in [6, 6.07) is 18.2. The van der Waals surface area contributed by atoms with Crippen molar-refractivity contribution in [3.05, 3.63) is 93.7 Å². The topological polar surface area (TPSA) is 61.4 Å². The molecule has 0 bridgehead atoms. The van der Waals surface area contributed by atoms with Crippen LogP contribution in [0.4, 0.5) is 15.8 Å². The van der Waals surface area contributed by atoms with Crippen molar-refractivity contribution in [2.45, 2.75) is 6.54 Å². The van der Waals surface area contributed by atoms with Crippen molar-refractivity contribution >= 4 is 39.1 Å². The van der Waals surface area contributed by atoms with Crippen LogP contribution in [0.1, 0.15) is 26.3 Å². The minimum absolute atomic E-state index is 0.264. The Balaban J connectivity index is 1.79. The summed E-state index contributed by atoms with van der Waals surface area (Å²) in [5, 5.41) is 5.67. The molecule has 5 nitrogen and oxygen atoms in total. The molecule has 2 N–H and O–H groups in total. The fraction of sp³-hybridized carbons (Fsp3) is 0.130. The number of anilines is 2. The van der Waals surface area contributed by atoms with Crippen LogP contribution >= 0.6 is 15.9 Å². The Morgan fingerprint density at radius 2 is 1.70 bits per heavy atom. The number of carbonyl (C=O) groups is 2. The molecular weight excluding hydrogens is 449 g/mol. The van der Waals surface area contributed by atoms with Crippen LogP contribution in [-0.2, 0) is 6.54 Å². The van der Waals surface area contributed by atoms with Gasteiger partial charge in [-0.05, 0) is 54.1 Å². The van der Waals surface area contributed by atoms with Crippen molar-refractivity contribution in [2.75, 3.05) is 24.3 Å². The van der Waals surface area contributed by atoms with Crippen molar-refractivity contribution < 1.29 is 14.0 Å². The van der Waals surface area contributed by atoms with Gasteiger partial charge in [0.2, 0.25) is 0 Å². The molecule has 0 spiro atoms. The third-order valence-electron chi connectivity index (χ3n) is 4.43. The van der Waals surface area contributed by atoms with E-state index in [2.05, 4.69) is 26.6 Å². The predicted molar refractivity (Wildman–Crippen MR) is 120 cm³/mol. The van der Waals surface area contributed by atoms with E-state index in [1.807, 2.05) is 25.1 Å². The molecule has 0 saturated carbocycles. The fourth-order valence-electron chi connectivity index (χ4n) is 2.90. The molecule has 0 unspecified atom stereocenters. The summed E-state index contributed by atoms with van der Waals surface area (Å²) < 4.78 is 13.9. The second-order valence-electron chi connectivity index (χ2n) is 6.90. The van der Waals surface area contributed by atoms with E-state index in [0.717, 1.165) is 10.0 Å². The highest BCUT2D eigenvalue weighted by Crippen LogP contribution is 2.24. The first-order valence-corrected chi connectivity index (χ1v) is 10.0. The molecule has 0 fully saturated rings. The van der Waals surface area contributed by atoms with Gasteiger partial charge in [-0.1, -0.05) is 34.1 Å². The number of hydrogen-bond acceptors (Lipinski definition) is 3. The van der Waals surface area contributed by atoms with Crippen LogP contribution in [-0.4, -0.2) is 25.9 Å². The van der Waals surface area contributed by atoms with E-state index < -0.39 is 0 Å². The number of benzene rings is 3. The summed E-state index contributed by atoms with van der Waals surface area (Å²) in [5.41, 5.74) is 2.94. The number of carbonyl (C=O) groups excluding carboxylic acids is 2. The van der Waals surface area contributed by atoms with E-state index >= 15 is 0 Å². The molecule has 3 rings (SSSR count). The van der Waals surface area contributed by atoms with Gasteiger partial charge in [0.25, 0.3) is 11.8 Å². The highest BCUT2D eigenvalue weighted by molar-refractivity contribution is 9.10. The summed E-state index contributed by atoms with van der Waals surface area (Å²) in [6.07, 6.45) is 0. The van der Waals surface area contributed by atoms with Crippen LogP contribution in [0.25, 0.3) is 0 Å². The fourth-order valence-corrected chi connectivity index (χ4v) is 3.30. The van der Waals surface area contributed by atoms with Gasteiger partial charge in [0.05, 0.1) is 5.56 Å². The quantitative estimate of drug-likeness (QED) is 0.542. The van der Waals surface area contributed by atoms with Crippen LogP contribution in [0.15, 0.2) is 71.2 Å². The molecule has 154 valence electrons. The first kappa shape index (κ1) is 21.5. The van der Waals surface area contributed by atoms with Crippen LogP contribution in [0.2, 0.25) is 0 Å². The molecule has 3 aromatic rings. The van der Waals surface area contributed by atoms with Crippen LogP contribution in [0, 0.1) is 5.82 Å². The Kier molecular flexibility index (Phi) is 6.84. The van der Waals surface area contributed by atoms with Gasteiger partial charge in [0.15, 0.2) is 0 Å². The van der Waals surface area contributed by atoms with Crippen molar-refractivity contribution in [3.8, 4) is 0 Å². The van der Waals surface area contributed by atoms with Gasteiger partial charge in [-0.25, -0.2) is 4.39 Å². The van der Waals surface area contributed by atoms with Crippen molar-refractivity contribution in [1.29, 1.82) is 0 Å². The lowest BCUT2D eigenvalue weighted by Crippen LogP contribution is -2.25. The van der Waals surface area contributed by atoms with E-state index in [0.29, 0.717) is 22.5 Å². The largest absolute Gasteiger partial charge is 0.377 e. The minimum Gasteiger partial charge on any atom is -0.377 e. The van der Waals surface area contributed by atoms with Gasteiger partial charge in [0, 0.05) is 42.1 Å². The molecular formula is C23H21BrFN3O2. The molecule has 0 heterocycles. The number of nitrogens with one attached hydrogen (secondary N) is 2. The lowest BCUT2D eigenvalue weighted by molar-refractivity contribution is 0.0950. The van der Waals surface area contributed by atoms with Crippen LogP contribution in [0.5, 0.6) is 0 Å². The SMILES string of the molecule is CN(C)c1ccc(NC(=O)c2cccc(Br)c2)cc1C(=O)NCc1ccc(F)cc1. The van der Waals surface area contributed by atoms with Crippen LogP contribution in [0.3, 0.4) is 0 Å². The second-order valence-corrected chi connectivity index (χ2v) is 7.82. The summed E-state index contributed by atoms with van der Waals surface area (Å²) in [5.74, 6) is -0.887. The third kappa shape index (κ3) is 5.45. The maximum atomic E-state index is 13.1. The molecule has 0 aliphatic heterocycles. The molecule has 3 aromatic carbocycles. The van der Waals surface area contributed by atoms with E-state index in [9.17, 15) is 14.0 Å². The van der Waals surface area contributed by atoms with Gasteiger partial charge < -0.3 is 15.5 Å². The normalized spacial score (nSPS) is 10.4. The smallest absolute Gasteiger partial charge is 0.255 e. The molecule has 0 saturated heterocycles.